The van der Waals surface area contributed by atoms with Gasteiger partial charge >= 0.3 is 5.88 Å². The van der Waals surface area contributed by atoms with E-state index in [0.717, 1.165) is 0 Å². The van der Waals surface area contributed by atoms with E-state index in [1.54, 1.807) is 13.0 Å². The summed E-state index contributed by atoms with van der Waals surface area (Å²) in [5, 5.41) is 17.0. The number of furan rings is 1. The Kier molecular flexibility index (Phi) is 3.15. The normalized spacial score (nSPS) is 10.6. The molecule has 1 N–H and O–H groups in total. The van der Waals surface area contributed by atoms with E-state index in [1.807, 2.05) is 0 Å². The molecule has 8 heteroatoms. The molecular formula is C9H10N4O4. The van der Waals surface area contributed by atoms with Crippen molar-refractivity contribution in [2.24, 2.45) is 0 Å². The maximum Gasteiger partial charge on any atom is 0.433 e. The van der Waals surface area contributed by atoms with Gasteiger partial charge in [-0.2, -0.15) is 4.98 Å². The minimum atomic E-state index is -0.577. The summed E-state index contributed by atoms with van der Waals surface area (Å²) in [7, 11) is 0. The van der Waals surface area contributed by atoms with Crippen LogP contribution >= 0.6 is 0 Å². The fourth-order valence-corrected chi connectivity index (χ4v) is 1.27. The molecule has 0 saturated heterocycles. The number of hydrogen-bond acceptors (Lipinski definition) is 7. The summed E-state index contributed by atoms with van der Waals surface area (Å²) in [5.74, 6) is 1.24. The van der Waals surface area contributed by atoms with Gasteiger partial charge < -0.3 is 14.3 Å². The molecule has 0 aliphatic carbocycles. The first-order valence-corrected chi connectivity index (χ1v) is 4.88. The molecule has 0 amide bonds. The van der Waals surface area contributed by atoms with Gasteiger partial charge in [0.2, 0.25) is 5.89 Å². The molecule has 2 aromatic rings. The van der Waals surface area contributed by atoms with Gasteiger partial charge in [-0.05, 0) is 6.07 Å². The van der Waals surface area contributed by atoms with Crippen molar-refractivity contribution in [1.29, 1.82) is 0 Å². The predicted octanol–water partition coefficient (Wildman–Crippen LogP) is 1.17. The van der Waals surface area contributed by atoms with Gasteiger partial charge in [0, 0.05) is 6.92 Å². The van der Waals surface area contributed by atoms with Crippen LogP contribution in [0, 0.1) is 17.0 Å². The van der Waals surface area contributed by atoms with Crippen LogP contribution in [0.25, 0.3) is 0 Å². The van der Waals surface area contributed by atoms with Gasteiger partial charge in [0.25, 0.3) is 0 Å². The van der Waals surface area contributed by atoms with Crippen molar-refractivity contribution < 1.29 is 13.9 Å². The van der Waals surface area contributed by atoms with Crippen LogP contribution in [0.3, 0.4) is 0 Å². The first-order chi connectivity index (χ1) is 8.15. The molecule has 8 nitrogen and oxygen atoms in total. The Balaban J connectivity index is 1.83. The molecule has 90 valence electrons. The molecule has 0 fully saturated rings. The highest BCUT2D eigenvalue weighted by Crippen LogP contribution is 2.15. The lowest BCUT2D eigenvalue weighted by Gasteiger charge is -1.96. The first-order valence-electron chi connectivity index (χ1n) is 4.88. The molecule has 0 aliphatic heterocycles. The molecule has 0 spiro atoms. The largest absolute Gasteiger partial charge is 0.433 e. The first kappa shape index (κ1) is 11.3. The van der Waals surface area contributed by atoms with Gasteiger partial charge in [-0.3, -0.25) is 10.1 Å². The van der Waals surface area contributed by atoms with Crippen LogP contribution < -0.4 is 5.32 Å². The summed E-state index contributed by atoms with van der Waals surface area (Å²) in [5.41, 5.74) is 0. The van der Waals surface area contributed by atoms with Gasteiger partial charge in [0.15, 0.2) is 5.82 Å². The molecule has 0 saturated carbocycles. The zero-order valence-electron chi connectivity index (χ0n) is 9.04. The zero-order chi connectivity index (χ0) is 12.3. The molecule has 0 atom stereocenters. The van der Waals surface area contributed by atoms with E-state index in [2.05, 4.69) is 15.5 Å². The number of aromatic nitrogens is 2. The minimum absolute atomic E-state index is 0.266. The van der Waals surface area contributed by atoms with Crippen molar-refractivity contribution in [2.45, 2.75) is 20.0 Å². The van der Waals surface area contributed by atoms with Crippen molar-refractivity contribution in [3.63, 3.8) is 0 Å². The van der Waals surface area contributed by atoms with E-state index < -0.39 is 4.92 Å². The molecule has 2 heterocycles. The fourth-order valence-electron chi connectivity index (χ4n) is 1.27. The van der Waals surface area contributed by atoms with Crippen LogP contribution in [0.15, 0.2) is 21.1 Å². The number of aryl methyl sites for hydroxylation is 1. The van der Waals surface area contributed by atoms with E-state index in [-0.39, 0.29) is 5.88 Å². The van der Waals surface area contributed by atoms with Gasteiger partial charge in [-0.25, -0.2) is 0 Å². The van der Waals surface area contributed by atoms with E-state index in [9.17, 15) is 10.1 Å². The number of hydrogen-bond donors (Lipinski definition) is 1. The van der Waals surface area contributed by atoms with Gasteiger partial charge in [0.05, 0.1) is 19.2 Å². The van der Waals surface area contributed by atoms with Gasteiger partial charge in [-0.1, -0.05) is 5.16 Å². The van der Waals surface area contributed by atoms with Crippen molar-refractivity contribution in [1.82, 2.24) is 15.5 Å². The zero-order valence-corrected chi connectivity index (χ0v) is 9.04. The number of nitrogens with one attached hydrogen (secondary N) is 1. The Morgan fingerprint density at radius 1 is 1.47 bits per heavy atom. The topological polar surface area (TPSA) is 107 Å². The van der Waals surface area contributed by atoms with Crippen LogP contribution in [0.5, 0.6) is 0 Å². The summed E-state index contributed by atoms with van der Waals surface area (Å²) in [6.07, 6.45) is 0. The van der Waals surface area contributed by atoms with Crippen molar-refractivity contribution in [3.05, 3.63) is 39.7 Å². The quantitative estimate of drug-likeness (QED) is 0.615. The summed E-state index contributed by atoms with van der Waals surface area (Å²) >= 11 is 0. The van der Waals surface area contributed by atoms with Crippen molar-refractivity contribution >= 4 is 5.88 Å². The van der Waals surface area contributed by atoms with Crippen LogP contribution in [-0.2, 0) is 13.1 Å². The molecule has 0 unspecified atom stereocenters. The summed E-state index contributed by atoms with van der Waals surface area (Å²) < 4.78 is 9.75. The van der Waals surface area contributed by atoms with E-state index in [4.69, 9.17) is 8.94 Å². The second kappa shape index (κ2) is 4.74. The van der Waals surface area contributed by atoms with Crippen molar-refractivity contribution in [3.8, 4) is 0 Å². The predicted molar refractivity (Wildman–Crippen MR) is 54.9 cm³/mol. The Labute approximate surface area is 95.8 Å². The average molecular weight is 238 g/mol. The monoisotopic (exact) mass is 238 g/mol. The maximum absolute atomic E-state index is 10.4. The van der Waals surface area contributed by atoms with Crippen LogP contribution in [0.4, 0.5) is 5.88 Å². The Morgan fingerprint density at radius 3 is 2.88 bits per heavy atom. The Hall–Kier alpha value is -2.22. The van der Waals surface area contributed by atoms with E-state index in [1.165, 1.54) is 6.07 Å². The molecule has 2 aromatic heterocycles. The average Bonchev–Trinajstić information content (AvgIpc) is 2.88. The Bertz CT molecular complexity index is 519. The standard InChI is InChI=1S/C9H10N4O4/c1-6-11-8(12-17-6)5-10-4-7-2-3-9(16-7)13(14)15/h2-3,10H,4-5H2,1H3. The smallest absolute Gasteiger partial charge is 0.404 e. The molecular weight excluding hydrogens is 228 g/mol. The second-order valence-corrected chi connectivity index (χ2v) is 3.33. The number of nitrogens with zero attached hydrogens (tertiary/aromatic N) is 3. The summed E-state index contributed by atoms with van der Waals surface area (Å²) in [6, 6.07) is 2.86. The third-order valence-corrected chi connectivity index (χ3v) is 1.98. The molecule has 17 heavy (non-hydrogen) atoms. The maximum atomic E-state index is 10.4. The summed E-state index contributed by atoms with van der Waals surface area (Å²) in [6.45, 7) is 2.47. The highest BCUT2D eigenvalue weighted by molar-refractivity contribution is 5.17. The fraction of sp³-hybridized carbons (Fsp3) is 0.333. The number of rotatable bonds is 5. The SMILES string of the molecule is Cc1nc(CNCc2ccc([N+](=O)[O-])o2)no1. The Morgan fingerprint density at radius 2 is 2.29 bits per heavy atom. The molecule has 0 aromatic carbocycles. The van der Waals surface area contributed by atoms with Crippen LogP contribution in [0.2, 0.25) is 0 Å². The second-order valence-electron chi connectivity index (χ2n) is 3.33. The lowest BCUT2D eigenvalue weighted by atomic mass is 10.4. The van der Waals surface area contributed by atoms with E-state index >= 15 is 0 Å². The number of nitro groups is 1. The molecule has 0 bridgehead atoms. The summed E-state index contributed by atoms with van der Waals surface area (Å²) in [4.78, 5) is 13.8. The minimum Gasteiger partial charge on any atom is -0.404 e. The third kappa shape index (κ3) is 2.88. The van der Waals surface area contributed by atoms with Crippen LogP contribution in [-0.4, -0.2) is 15.1 Å². The van der Waals surface area contributed by atoms with Gasteiger partial charge in [-0.15, -0.1) is 0 Å². The molecule has 2 rings (SSSR count). The lowest BCUT2D eigenvalue weighted by molar-refractivity contribution is -0.402. The lowest BCUT2D eigenvalue weighted by Crippen LogP contribution is -2.13. The highest BCUT2D eigenvalue weighted by Gasteiger charge is 2.11. The van der Waals surface area contributed by atoms with Crippen LogP contribution in [0.1, 0.15) is 17.5 Å². The van der Waals surface area contributed by atoms with Crippen molar-refractivity contribution in [2.75, 3.05) is 0 Å². The van der Waals surface area contributed by atoms with Gasteiger partial charge in [0.1, 0.15) is 10.7 Å². The third-order valence-electron chi connectivity index (χ3n) is 1.98. The molecule has 0 radical (unpaired) electrons. The highest BCUT2D eigenvalue weighted by atomic mass is 16.6. The van der Waals surface area contributed by atoms with E-state index in [0.29, 0.717) is 30.6 Å². The molecule has 0 aliphatic rings.